The van der Waals surface area contributed by atoms with Gasteiger partial charge in [0.25, 0.3) is 0 Å². The molecule has 0 radical (unpaired) electrons. The first-order chi connectivity index (χ1) is 20.6. The van der Waals surface area contributed by atoms with Crippen LogP contribution in [-0.4, -0.2) is 42.9 Å². The third-order valence-corrected chi connectivity index (χ3v) is 8.89. The second kappa shape index (κ2) is 9.49. The number of aromatic nitrogens is 5. The molecule has 0 bridgehead atoms. The molecule has 206 valence electrons. The summed E-state index contributed by atoms with van der Waals surface area (Å²) in [6.07, 6.45) is 4.92. The molecular formula is C32H34FN5O2. The molecule has 1 aliphatic carbocycles. The van der Waals surface area contributed by atoms with E-state index in [2.05, 4.69) is 22.4 Å². The molecule has 2 aliphatic rings. The number of benzene rings is 2. The molecule has 1 saturated heterocycles. The van der Waals surface area contributed by atoms with Crippen molar-refractivity contribution in [2.45, 2.75) is 51.1 Å². The molecule has 3 aromatic heterocycles. The van der Waals surface area contributed by atoms with Gasteiger partial charge in [-0.25, -0.2) is 9.07 Å². The largest absolute Gasteiger partial charge is 0.385 e. The van der Waals surface area contributed by atoms with Gasteiger partial charge in [0.05, 0.1) is 39.6 Å². The molecule has 8 heteroatoms. The molecule has 1 aliphatic heterocycles. The highest BCUT2D eigenvalue weighted by Crippen LogP contribution is 2.48. The van der Waals surface area contributed by atoms with Crippen LogP contribution in [0.2, 0.25) is 0 Å². The van der Waals surface area contributed by atoms with E-state index >= 15 is 4.39 Å². The topological polar surface area (TPSA) is 78.0 Å². The summed E-state index contributed by atoms with van der Waals surface area (Å²) < 4.78 is 50.3. The molecular weight excluding hydrogens is 505 g/mol. The predicted molar refractivity (Wildman–Crippen MR) is 152 cm³/mol. The van der Waals surface area contributed by atoms with Crippen molar-refractivity contribution in [3.05, 3.63) is 77.4 Å². The Morgan fingerprint density at radius 1 is 1.12 bits per heavy atom. The zero-order valence-corrected chi connectivity index (χ0v) is 22.6. The van der Waals surface area contributed by atoms with Crippen LogP contribution in [0.4, 0.5) is 4.39 Å². The Kier molecular flexibility index (Phi) is 5.25. The number of ether oxygens (including phenoxy) is 1. The number of nitrogens with zero attached hydrogens (tertiary/aromatic N) is 5. The number of aliphatic hydroxyl groups is 1. The quantitative estimate of drug-likeness (QED) is 0.282. The third kappa shape index (κ3) is 3.96. The number of hydrogen-bond donors (Lipinski definition) is 1. The average Bonchev–Trinajstić information content (AvgIpc) is 3.71. The van der Waals surface area contributed by atoms with Gasteiger partial charge in [-0.2, -0.15) is 0 Å². The van der Waals surface area contributed by atoms with Gasteiger partial charge in [0.1, 0.15) is 0 Å². The van der Waals surface area contributed by atoms with Crippen LogP contribution in [0.3, 0.4) is 0 Å². The number of halogens is 1. The normalized spacial score (nSPS) is 20.2. The van der Waals surface area contributed by atoms with Crippen molar-refractivity contribution < 1.29 is 18.3 Å². The van der Waals surface area contributed by atoms with Crippen molar-refractivity contribution >= 4 is 21.9 Å². The predicted octanol–water partition coefficient (Wildman–Crippen LogP) is 6.07. The van der Waals surface area contributed by atoms with Gasteiger partial charge in [-0.3, -0.25) is 4.98 Å². The first kappa shape index (κ1) is 22.1. The van der Waals surface area contributed by atoms with Crippen molar-refractivity contribution in [3.8, 4) is 11.3 Å². The number of aryl methyl sites for hydroxylation is 2. The van der Waals surface area contributed by atoms with Crippen LogP contribution in [-0.2, 0) is 17.4 Å². The summed E-state index contributed by atoms with van der Waals surface area (Å²) in [5, 5.41) is 20.1. The minimum Gasteiger partial charge on any atom is -0.385 e. The Bertz CT molecular complexity index is 1820. The summed E-state index contributed by atoms with van der Waals surface area (Å²) in [6, 6.07) is 15.2. The minimum atomic E-state index is -2.48. The van der Waals surface area contributed by atoms with Crippen molar-refractivity contribution in [3.63, 3.8) is 0 Å². The summed E-state index contributed by atoms with van der Waals surface area (Å²) >= 11 is 0. The van der Waals surface area contributed by atoms with E-state index in [-0.39, 0.29) is 29.1 Å². The maximum Gasteiger partial charge on any atom is 0.153 e. The van der Waals surface area contributed by atoms with E-state index < -0.39 is 18.3 Å². The molecule has 4 heterocycles. The first-order valence-electron chi connectivity index (χ1n) is 15.5. The van der Waals surface area contributed by atoms with Crippen molar-refractivity contribution in [1.82, 2.24) is 24.5 Å². The highest BCUT2D eigenvalue weighted by atomic mass is 19.1. The van der Waals surface area contributed by atoms with E-state index in [0.29, 0.717) is 46.4 Å². The maximum atomic E-state index is 17.0. The second-order valence-electron chi connectivity index (χ2n) is 11.4. The number of rotatable bonds is 6. The smallest absolute Gasteiger partial charge is 0.153 e. The number of hydrogen-bond acceptors (Lipinski definition) is 5. The number of pyridine rings is 1. The van der Waals surface area contributed by atoms with Crippen LogP contribution in [0.25, 0.3) is 33.2 Å². The number of fused-ring (bicyclic) bond motifs is 3. The monoisotopic (exact) mass is 542 g/mol. The van der Waals surface area contributed by atoms with Gasteiger partial charge in [-0.1, -0.05) is 47.7 Å². The Morgan fingerprint density at radius 2 is 1.90 bits per heavy atom. The molecule has 40 heavy (non-hydrogen) atoms. The fourth-order valence-electron chi connectivity index (χ4n) is 6.63. The zero-order valence-electron chi connectivity index (χ0n) is 25.6. The van der Waals surface area contributed by atoms with E-state index in [9.17, 15) is 5.11 Å². The summed E-state index contributed by atoms with van der Waals surface area (Å²) in [6.45, 7) is 0.454. The molecule has 2 atom stereocenters. The van der Waals surface area contributed by atoms with Crippen molar-refractivity contribution in [1.29, 1.82) is 0 Å². The molecule has 2 aromatic carbocycles. The molecule has 1 saturated carbocycles. The fourth-order valence-corrected chi connectivity index (χ4v) is 6.63. The van der Waals surface area contributed by atoms with Crippen molar-refractivity contribution in [2.75, 3.05) is 13.2 Å². The third-order valence-electron chi connectivity index (χ3n) is 8.89. The lowest BCUT2D eigenvalue weighted by Crippen LogP contribution is -2.28. The SMILES string of the molecule is [2H]C([2H])([2H])c1nnn(C)c1-c1cnc2c3ccc(C(C)(O)C4CC4)c(F)c3n([C@H](c3ccccc3)C3CCOCC3)c2c1. The molecule has 7 rings (SSSR count). The van der Waals surface area contributed by atoms with E-state index in [1.807, 2.05) is 34.9 Å². The van der Waals surface area contributed by atoms with E-state index in [1.165, 1.54) is 4.68 Å². The Morgan fingerprint density at radius 3 is 2.62 bits per heavy atom. The molecule has 2 fully saturated rings. The highest BCUT2D eigenvalue weighted by molar-refractivity contribution is 6.07. The van der Waals surface area contributed by atoms with Crippen LogP contribution in [0.1, 0.15) is 59.6 Å². The Labute approximate surface area is 236 Å². The summed E-state index contributed by atoms with van der Waals surface area (Å²) in [7, 11) is 1.65. The Hall–Kier alpha value is -3.62. The van der Waals surface area contributed by atoms with Gasteiger partial charge in [-0.05, 0) is 62.9 Å². The zero-order chi connectivity index (χ0) is 30.1. The van der Waals surface area contributed by atoms with Crippen LogP contribution < -0.4 is 0 Å². The lowest BCUT2D eigenvalue weighted by Gasteiger charge is -2.33. The van der Waals surface area contributed by atoms with Crippen LogP contribution in [0, 0.1) is 24.5 Å². The highest BCUT2D eigenvalue weighted by Gasteiger charge is 2.44. The van der Waals surface area contributed by atoms with Crippen LogP contribution >= 0.6 is 0 Å². The van der Waals surface area contributed by atoms with Crippen molar-refractivity contribution in [2.24, 2.45) is 18.9 Å². The molecule has 0 spiro atoms. The van der Waals surface area contributed by atoms with Gasteiger partial charge in [-0.15, -0.1) is 5.10 Å². The molecule has 5 aromatic rings. The second-order valence-corrected chi connectivity index (χ2v) is 11.4. The van der Waals surface area contributed by atoms with Gasteiger partial charge < -0.3 is 14.4 Å². The average molecular weight is 543 g/mol. The van der Waals surface area contributed by atoms with Crippen LogP contribution in [0.15, 0.2) is 54.7 Å². The first-order valence-corrected chi connectivity index (χ1v) is 14.0. The van der Waals surface area contributed by atoms with Gasteiger partial charge in [0.2, 0.25) is 0 Å². The minimum absolute atomic E-state index is 0.0121. The molecule has 0 amide bonds. The molecule has 1 unspecified atom stereocenters. The van der Waals surface area contributed by atoms with Gasteiger partial charge >= 0.3 is 0 Å². The Balaban J connectivity index is 1.56. The standard InChI is InChI=1S/C32H34FN5O2/c1-19-29(37(3)36-35-19)22-17-26-28(34-18-22)24-11-12-25(32(2,39)23-9-10-23)27(33)31(24)38(26)30(20-7-5-4-6-8-20)21-13-15-40-16-14-21/h4-8,11-12,17-18,21,23,30,39H,9-10,13-16H2,1-3H3/t30-,32?/m1/s1/i1D3. The summed E-state index contributed by atoms with van der Waals surface area (Å²) in [5.41, 5.74) is 2.43. The van der Waals surface area contributed by atoms with Crippen LogP contribution in [0.5, 0.6) is 0 Å². The maximum absolute atomic E-state index is 17.0. The van der Waals surface area contributed by atoms with E-state index in [0.717, 1.165) is 31.2 Å². The fraction of sp³-hybridized carbons (Fsp3) is 0.406. The van der Waals surface area contributed by atoms with E-state index in [1.54, 1.807) is 26.2 Å². The molecule has 1 N–H and O–H groups in total. The summed E-state index contributed by atoms with van der Waals surface area (Å²) in [5.74, 6) is -0.299. The van der Waals surface area contributed by atoms with Gasteiger partial charge in [0, 0.05) is 47.1 Å². The lowest BCUT2D eigenvalue weighted by atomic mass is 9.86. The summed E-state index contributed by atoms with van der Waals surface area (Å²) in [4.78, 5) is 4.82. The van der Waals surface area contributed by atoms with E-state index in [4.69, 9.17) is 13.8 Å². The lowest BCUT2D eigenvalue weighted by molar-refractivity contribution is 0.0297. The van der Waals surface area contributed by atoms with Gasteiger partial charge in [0.15, 0.2) is 5.82 Å². The molecule has 7 nitrogen and oxygen atoms in total.